The van der Waals surface area contributed by atoms with Gasteiger partial charge in [-0.25, -0.2) is 0 Å². The summed E-state index contributed by atoms with van der Waals surface area (Å²) in [5.41, 5.74) is 3.52. The Morgan fingerprint density at radius 1 is 0.735 bits per heavy atom. The lowest BCUT2D eigenvalue weighted by atomic mass is 9.96. The summed E-state index contributed by atoms with van der Waals surface area (Å²) >= 11 is 0. The molecule has 0 radical (unpaired) electrons. The second-order valence-electron chi connectivity index (χ2n) is 8.40. The lowest BCUT2D eigenvalue weighted by molar-refractivity contribution is -0.140. The van der Waals surface area contributed by atoms with Gasteiger partial charge in [0, 0.05) is 32.7 Å². The molecule has 0 aromatic heterocycles. The zero-order valence-corrected chi connectivity index (χ0v) is 19.3. The third kappa shape index (κ3) is 6.53. The summed E-state index contributed by atoms with van der Waals surface area (Å²) < 4.78 is 5.39. The Hall–Kier alpha value is -3.48. The molecule has 1 heterocycles. The van der Waals surface area contributed by atoms with E-state index in [2.05, 4.69) is 58.7 Å². The van der Waals surface area contributed by atoms with Gasteiger partial charge in [0.25, 0.3) is 0 Å². The van der Waals surface area contributed by atoms with Crippen LogP contribution in [0.4, 0.5) is 0 Å². The van der Waals surface area contributed by atoms with Crippen LogP contribution in [0.5, 0.6) is 0 Å². The Labute approximate surface area is 201 Å². The number of hydrogen-bond donors (Lipinski definition) is 1. The molecule has 1 saturated heterocycles. The van der Waals surface area contributed by atoms with Crippen molar-refractivity contribution >= 4 is 11.8 Å². The van der Waals surface area contributed by atoms with E-state index in [4.69, 9.17) is 4.74 Å². The topological polar surface area (TPSA) is 61.9 Å². The highest BCUT2D eigenvalue weighted by Gasteiger charge is 2.28. The number of piperazine rings is 1. The quantitative estimate of drug-likeness (QED) is 0.536. The van der Waals surface area contributed by atoms with Gasteiger partial charge in [-0.3, -0.25) is 14.5 Å². The molecule has 0 spiro atoms. The van der Waals surface area contributed by atoms with E-state index >= 15 is 0 Å². The normalized spacial score (nSPS) is 14.2. The fourth-order valence-corrected chi connectivity index (χ4v) is 4.28. The van der Waals surface area contributed by atoms with E-state index in [-0.39, 0.29) is 31.1 Å². The summed E-state index contributed by atoms with van der Waals surface area (Å²) in [7, 11) is 0. The maximum Gasteiger partial charge on any atom is 0.248 e. The fraction of sp³-hybridized carbons (Fsp3) is 0.286. The van der Waals surface area contributed by atoms with Crippen LogP contribution in [-0.4, -0.2) is 61.0 Å². The highest BCUT2D eigenvalue weighted by Crippen LogP contribution is 2.29. The highest BCUT2D eigenvalue weighted by atomic mass is 16.5. The Bertz CT molecular complexity index is 997. The lowest BCUT2D eigenvalue weighted by Crippen LogP contribution is -2.50. The van der Waals surface area contributed by atoms with E-state index in [0.29, 0.717) is 19.6 Å². The van der Waals surface area contributed by atoms with Crippen molar-refractivity contribution in [3.05, 3.63) is 108 Å². The Kier molecular flexibility index (Phi) is 8.43. The molecule has 1 fully saturated rings. The molecule has 0 atom stereocenters. The number of hydrogen-bond acceptors (Lipinski definition) is 4. The molecule has 1 N–H and O–H groups in total. The van der Waals surface area contributed by atoms with Gasteiger partial charge < -0.3 is 15.0 Å². The lowest BCUT2D eigenvalue weighted by Gasteiger charge is -2.39. The number of nitrogens with one attached hydrogen (secondary N) is 1. The summed E-state index contributed by atoms with van der Waals surface area (Å²) in [6, 6.07) is 30.8. The van der Waals surface area contributed by atoms with Gasteiger partial charge in [0.05, 0.1) is 6.04 Å². The third-order valence-corrected chi connectivity index (χ3v) is 6.05. The van der Waals surface area contributed by atoms with E-state index in [9.17, 15) is 9.59 Å². The minimum absolute atomic E-state index is 0.0773. The van der Waals surface area contributed by atoms with Gasteiger partial charge in [0.2, 0.25) is 11.8 Å². The van der Waals surface area contributed by atoms with Crippen molar-refractivity contribution in [3.8, 4) is 0 Å². The van der Waals surface area contributed by atoms with Gasteiger partial charge in [-0.05, 0) is 16.7 Å². The van der Waals surface area contributed by atoms with Gasteiger partial charge in [0.15, 0.2) is 0 Å². The maximum atomic E-state index is 12.6. The monoisotopic (exact) mass is 457 g/mol. The SMILES string of the molecule is O=C(COCC(=O)N1CCN(C(c2ccccc2)c2ccccc2)CC1)NCc1ccccc1. The molecule has 1 aliphatic heterocycles. The predicted octanol–water partition coefficient (Wildman–Crippen LogP) is 3.25. The first-order valence-electron chi connectivity index (χ1n) is 11.7. The van der Waals surface area contributed by atoms with E-state index in [1.54, 1.807) is 0 Å². The third-order valence-electron chi connectivity index (χ3n) is 6.05. The van der Waals surface area contributed by atoms with Crippen molar-refractivity contribution in [1.82, 2.24) is 15.1 Å². The average Bonchev–Trinajstić information content (AvgIpc) is 2.90. The maximum absolute atomic E-state index is 12.6. The Morgan fingerprint density at radius 2 is 1.26 bits per heavy atom. The molecule has 0 unspecified atom stereocenters. The van der Waals surface area contributed by atoms with Crippen LogP contribution in [0.1, 0.15) is 22.7 Å². The standard InChI is InChI=1S/C28H31N3O3/c32-26(29-20-23-10-4-1-5-11-23)21-34-22-27(33)30-16-18-31(19-17-30)28(24-12-6-2-7-13-24)25-14-8-3-9-15-25/h1-15,28H,16-22H2,(H,29,32). The van der Waals surface area contributed by atoms with Gasteiger partial charge in [-0.2, -0.15) is 0 Å². The fourth-order valence-electron chi connectivity index (χ4n) is 4.28. The van der Waals surface area contributed by atoms with Crippen LogP contribution >= 0.6 is 0 Å². The Balaban J connectivity index is 1.24. The Morgan fingerprint density at radius 3 is 1.82 bits per heavy atom. The molecule has 0 bridgehead atoms. The van der Waals surface area contributed by atoms with Crippen LogP contribution in [0.25, 0.3) is 0 Å². The van der Waals surface area contributed by atoms with Crippen LogP contribution in [-0.2, 0) is 20.9 Å². The van der Waals surface area contributed by atoms with E-state index in [1.807, 2.05) is 47.4 Å². The van der Waals surface area contributed by atoms with E-state index in [1.165, 1.54) is 11.1 Å². The first kappa shape index (κ1) is 23.7. The predicted molar refractivity (Wildman–Crippen MR) is 132 cm³/mol. The summed E-state index contributed by atoms with van der Waals surface area (Å²) in [5, 5.41) is 2.81. The van der Waals surface area contributed by atoms with Crippen LogP contribution < -0.4 is 5.32 Å². The minimum Gasteiger partial charge on any atom is -0.362 e. The smallest absolute Gasteiger partial charge is 0.248 e. The average molecular weight is 458 g/mol. The molecular weight excluding hydrogens is 426 g/mol. The minimum atomic E-state index is -0.227. The molecule has 176 valence electrons. The molecule has 6 heteroatoms. The van der Waals surface area contributed by atoms with Crippen LogP contribution in [0.2, 0.25) is 0 Å². The van der Waals surface area contributed by atoms with Gasteiger partial charge in [-0.15, -0.1) is 0 Å². The summed E-state index contributed by atoms with van der Waals surface area (Å²) in [4.78, 5) is 28.9. The number of amides is 2. The molecule has 0 saturated carbocycles. The van der Waals surface area contributed by atoms with Crippen molar-refractivity contribution in [3.63, 3.8) is 0 Å². The zero-order valence-electron chi connectivity index (χ0n) is 19.3. The summed E-state index contributed by atoms with van der Waals surface area (Å²) in [6.45, 7) is 3.07. The number of ether oxygens (including phenoxy) is 1. The van der Waals surface area contributed by atoms with E-state index < -0.39 is 0 Å². The molecular formula is C28H31N3O3. The molecule has 1 aliphatic rings. The molecule has 4 rings (SSSR count). The highest BCUT2D eigenvalue weighted by molar-refractivity contribution is 5.79. The molecule has 2 amide bonds. The first-order valence-corrected chi connectivity index (χ1v) is 11.7. The second kappa shape index (κ2) is 12.1. The molecule has 34 heavy (non-hydrogen) atoms. The number of carbonyl (C=O) groups is 2. The van der Waals surface area contributed by atoms with Crippen LogP contribution in [0, 0.1) is 0 Å². The number of nitrogens with zero attached hydrogens (tertiary/aromatic N) is 2. The summed E-state index contributed by atoms with van der Waals surface area (Å²) in [6.07, 6.45) is 0. The molecule has 3 aromatic rings. The molecule has 3 aromatic carbocycles. The van der Waals surface area contributed by atoms with Crippen LogP contribution in [0.15, 0.2) is 91.0 Å². The van der Waals surface area contributed by atoms with Crippen molar-refractivity contribution in [2.24, 2.45) is 0 Å². The first-order chi connectivity index (χ1) is 16.7. The van der Waals surface area contributed by atoms with Crippen molar-refractivity contribution in [2.45, 2.75) is 12.6 Å². The number of rotatable bonds is 9. The van der Waals surface area contributed by atoms with Gasteiger partial charge in [0.1, 0.15) is 13.2 Å². The molecule has 6 nitrogen and oxygen atoms in total. The summed E-state index contributed by atoms with van der Waals surface area (Å²) in [5.74, 6) is -0.304. The van der Waals surface area contributed by atoms with E-state index in [0.717, 1.165) is 18.7 Å². The second-order valence-corrected chi connectivity index (χ2v) is 8.40. The van der Waals surface area contributed by atoms with Gasteiger partial charge >= 0.3 is 0 Å². The van der Waals surface area contributed by atoms with Crippen molar-refractivity contribution in [2.75, 3.05) is 39.4 Å². The number of carbonyl (C=O) groups excluding carboxylic acids is 2. The van der Waals surface area contributed by atoms with Crippen molar-refractivity contribution in [1.29, 1.82) is 0 Å². The largest absolute Gasteiger partial charge is 0.362 e. The van der Waals surface area contributed by atoms with Gasteiger partial charge in [-0.1, -0.05) is 91.0 Å². The van der Waals surface area contributed by atoms with Crippen molar-refractivity contribution < 1.29 is 14.3 Å². The number of benzene rings is 3. The zero-order chi connectivity index (χ0) is 23.6. The molecule has 0 aliphatic carbocycles. The van der Waals surface area contributed by atoms with Crippen LogP contribution in [0.3, 0.4) is 0 Å².